The molecule has 0 radical (unpaired) electrons. The number of halogens is 1. The van der Waals surface area contributed by atoms with Gasteiger partial charge in [0, 0.05) is 19.2 Å². The van der Waals surface area contributed by atoms with Gasteiger partial charge in [-0.2, -0.15) is 0 Å². The summed E-state index contributed by atoms with van der Waals surface area (Å²) in [6, 6.07) is 7.09. The first-order valence-corrected chi connectivity index (χ1v) is 6.37. The molecule has 1 atom stereocenters. The fourth-order valence-electron chi connectivity index (χ4n) is 1.42. The molecule has 0 fully saturated rings. The van der Waals surface area contributed by atoms with E-state index in [1.54, 1.807) is 25.3 Å². The van der Waals surface area contributed by atoms with Gasteiger partial charge in [-0.05, 0) is 30.7 Å². The summed E-state index contributed by atoms with van der Waals surface area (Å²) in [7, 11) is 1.62. The molecule has 0 aliphatic carbocycles. The lowest BCUT2D eigenvalue weighted by atomic mass is 10.1. The molecule has 1 rings (SSSR count). The van der Waals surface area contributed by atoms with Crippen LogP contribution >= 0.6 is 12.4 Å². The number of hydrogen-bond acceptors (Lipinski definition) is 4. The van der Waals surface area contributed by atoms with E-state index in [-0.39, 0.29) is 24.2 Å². The molecule has 0 aliphatic heterocycles. The quantitative estimate of drug-likeness (QED) is 0.713. The molecule has 5 nitrogen and oxygen atoms in total. The van der Waals surface area contributed by atoms with Gasteiger partial charge in [-0.25, -0.2) is 0 Å². The van der Waals surface area contributed by atoms with Crippen LogP contribution < -0.4 is 15.8 Å². The number of hydrogen-bond donors (Lipinski definition) is 2. The minimum atomic E-state index is -0.113. The van der Waals surface area contributed by atoms with Gasteiger partial charge in [-0.15, -0.1) is 12.4 Å². The molecule has 1 aromatic rings. The van der Waals surface area contributed by atoms with Crippen molar-refractivity contribution in [2.24, 2.45) is 11.7 Å². The van der Waals surface area contributed by atoms with Crippen molar-refractivity contribution < 1.29 is 14.3 Å². The number of rotatable bonds is 8. The number of carbonyl (C=O) groups is 1. The number of nitrogens with two attached hydrogens (primary N) is 1. The highest BCUT2D eigenvalue weighted by molar-refractivity contribution is 5.94. The van der Waals surface area contributed by atoms with Crippen LogP contribution in [0.1, 0.15) is 17.3 Å². The van der Waals surface area contributed by atoms with E-state index in [0.29, 0.717) is 37.6 Å². The van der Waals surface area contributed by atoms with E-state index in [2.05, 4.69) is 5.32 Å². The van der Waals surface area contributed by atoms with Gasteiger partial charge in [-0.3, -0.25) is 4.79 Å². The molecule has 1 unspecified atom stereocenters. The topological polar surface area (TPSA) is 73.6 Å². The first kappa shape index (κ1) is 18.7. The number of methoxy groups -OCH3 is 1. The number of amides is 1. The third kappa shape index (κ3) is 6.75. The maximum atomic E-state index is 11.9. The third-order valence-corrected chi connectivity index (χ3v) is 2.67. The predicted octanol–water partition coefficient (Wildman–Crippen LogP) is 1.46. The van der Waals surface area contributed by atoms with Crippen LogP contribution in [0, 0.1) is 5.92 Å². The van der Waals surface area contributed by atoms with Gasteiger partial charge in [0.15, 0.2) is 0 Å². The second-order valence-corrected chi connectivity index (χ2v) is 4.42. The van der Waals surface area contributed by atoms with Crippen molar-refractivity contribution in [3.05, 3.63) is 29.8 Å². The van der Waals surface area contributed by atoms with Crippen molar-refractivity contribution in [3.63, 3.8) is 0 Å². The highest BCUT2D eigenvalue weighted by Crippen LogP contribution is 2.13. The second kappa shape index (κ2) is 10.5. The fraction of sp³-hybridized carbons (Fsp3) is 0.500. The zero-order chi connectivity index (χ0) is 14.1. The minimum Gasteiger partial charge on any atom is -0.491 e. The first-order valence-electron chi connectivity index (χ1n) is 6.37. The summed E-state index contributed by atoms with van der Waals surface area (Å²) in [5, 5.41) is 2.84. The third-order valence-electron chi connectivity index (χ3n) is 2.67. The summed E-state index contributed by atoms with van der Waals surface area (Å²) < 4.78 is 10.4. The Morgan fingerprint density at radius 3 is 2.80 bits per heavy atom. The fourth-order valence-corrected chi connectivity index (χ4v) is 1.42. The maximum absolute atomic E-state index is 11.9. The van der Waals surface area contributed by atoms with Crippen LogP contribution in [0.4, 0.5) is 0 Å². The van der Waals surface area contributed by atoms with Crippen LogP contribution in [0.3, 0.4) is 0 Å². The summed E-state index contributed by atoms with van der Waals surface area (Å²) in [6.07, 6.45) is 0. The number of carbonyl (C=O) groups excluding carboxylic acids is 1. The summed E-state index contributed by atoms with van der Waals surface area (Å²) >= 11 is 0. The molecule has 0 spiro atoms. The Balaban J connectivity index is 0.00000361. The molecular formula is C14H23ClN2O3. The maximum Gasteiger partial charge on any atom is 0.251 e. The van der Waals surface area contributed by atoms with Crippen molar-refractivity contribution in [3.8, 4) is 5.75 Å². The van der Waals surface area contributed by atoms with E-state index in [1.807, 2.05) is 13.0 Å². The highest BCUT2D eigenvalue weighted by atomic mass is 35.5. The summed E-state index contributed by atoms with van der Waals surface area (Å²) in [4.78, 5) is 11.9. The van der Waals surface area contributed by atoms with Crippen molar-refractivity contribution in [1.82, 2.24) is 5.32 Å². The van der Waals surface area contributed by atoms with Crippen molar-refractivity contribution >= 4 is 18.3 Å². The molecule has 6 heteroatoms. The van der Waals surface area contributed by atoms with E-state index in [0.717, 1.165) is 0 Å². The van der Waals surface area contributed by atoms with Gasteiger partial charge in [0.25, 0.3) is 5.91 Å². The second-order valence-electron chi connectivity index (χ2n) is 4.42. The predicted molar refractivity (Wildman–Crippen MR) is 81.6 cm³/mol. The molecule has 1 amide bonds. The minimum absolute atomic E-state index is 0. The highest BCUT2D eigenvalue weighted by Gasteiger charge is 2.08. The van der Waals surface area contributed by atoms with E-state index in [9.17, 15) is 4.79 Å². The zero-order valence-electron chi connectivity index (χ0n) is 11.9. The lowest BCUT2D eigenvalue weighted by Gasteiger charge is -2.11. The van der Waals surface area contributed by atoms with Gasteiger partial charge in [0.05, 0.1) is 6.61 Å². The molecule has 20 heavy (non-hydrogen) atoms. The van der Waals surface area contributed by atoms with Crippen molar-refractivity contribution in [2.45, 2.75) is 6.92 Å². The van der Waals surface area contributed by atoms with Gasteiger partial charge in [0.2, 0.25) is 0 Å². The monoisotopic (exact) mass is 302 g/mol. The molecule has 0 saturated heterocycles. The standard InChI is InChI=1S/C14H22N2O3.ClH/c1-11(9-15)10-16-14(17)12-4-3-5-13(8-12)19-7-6-18-2;/h3-5,8,11H,6-7,9-10,15H2,1-2H3,(H,16,17);1H. The Hall–Kier alpha value is -1.30. The largest absolute Gasteiger partial charge is 0.491 e. The normalized spacial score (nSPS) is 11.3. The van der Waals surface area contributed by atoms with Gasteiger partial charge < -0.3 is 20.5 Å². The van der Waals surface area contributed by atoms with Gasteiger partial charge in [-0.1, -0.05) is 13.0 Å². The zero-order valence-corrected chi connectivity index (χ0v) is 12.7. The Morgan fingerprint density at radius 1 is 1.40 bits per heavy atom. The van der Waals surface area contributed by atoms with Crippen LogP contribution in [-0.2, 0) is 4.74 Å². The number of nitrogens with one attached hydrogen (secondary N) is 1. The molecule has 0 bridgehead atoms. The SMILES string of the molecule is COCCOc1cccc(C(=O)NCC(C)CN)c1.Cl. The van der Waals surface area contributed by atoms with Crippen molar-refractivity contribution in [1.29, 1.82) is 0 Å². The Labute approximate surface area is 126 Å². The molecule has 3 N–H and O–H groups in total. The van der Waals surface area contributed by atoms with E-state index < -0.39 is 0 Å². The Kier molecular flexibility index (Phi) is 9.80. The van der Waals surface area contributed by atoms with E-state index >= 15 is 0 Å². The van der Waals surface area contributed by atoms with Gasteiger partial charge >= 0.3 is 0 Å². The molecule has 0 aromatic heterocycles. The molecular weight excluding hydrogens is 280 g/mol. The van der Waals surface area contributed by atoms with E-state index in [1.165, 1.54) is 0 Å². The Bertz CT molecular complexity index is 402. The molecule has 0 heterocycles. The van der Waals surface area contributed by atoms with Crippen molar-refractivity contribution in [2.75, 3.05) is 33.4 Å². The van der Waals surface area contributed by atoms with Crippen LogP contribution in [0.5, 0.6) is 5.75 Å². The number of ether oxygens (including phenoxy) is 2. The lowest BCUT2D eigenvalue weighted by Crippen LogP contribution is -2.31. The number of benzene rings is 1. The van der Waals surface area contributed by atoms with Crippen LogP contribution in [0.2, 0.25) is 0 Å². The summed E-state index contributed by atoms with van der Waals surface area (Å²) in [5.74, 6) is 0.819. The van der Waals surface area contributed by atoms with Crippen LogP contribution in [0.25, 0.3) is 0 Å². The van der Waals surface area contributed by atoms with Gasteiger partial charge in [0.1, 0.15) is 12.4 Å². The summed E-state index contributed by atoms with van der Waals surface area (Å²) in [5.41, 5.74) is 6.09. The molecule has 114 valence electrons. The Morgan fingerprint density at radius 2 is 2.15 bits per heavy atom. The van der Waals surface area contributed by atoms with E-state index in [4.69, 9.17) is 15.2 Å². The summed E-state index contributed by atoms with van der Waals surface area (Å²) in [6.45, 7) is 4.10. The lowest BCUT2D eigenvalue weighted by molar-refractivity contribution is 0.0948. The molecule has 0 aliphatic rings. The average molecular weight is 303 g/mol. The van der Waals surface area contributed by atoms with Crippen LogP contribution in [-0.4, -0.2) is 39.3 Å². The molecule has 1 aromatic carbocycles. The first-order chi connectivity index (χ1) is 9.17. The molecule has 0 saturated carbocycles. The average Bonchev–Trinajstić information content (AvgIpc) is 2.45. The smallest absolute Gasteiger partial charge is 0.251 e. The van der Waals surface area contributed by atoms with Crippen LogP contribution in [0.15, 0.2) is 24.3 Å².